The highest BCUT2D eigenvalue weighted by Gasteiger charge is 2.69. The first-order valence-corrected chi connectivity index (χ1v) is 6.66. The molecular weight excluding hydrogens is 200 g/mol. The number of hydrogen-bond donors (Lipinski definition) is 2. The maximum atomic E-state index is 11.1. The van der Waals surface area contributed by atoms with E-state index in [2.05, 4.69) is 27.7 Å². The summed E-state index contributed by atoms with van der Waals surface area (Å²) in [5.74, 6) is 0.671. The lowest BCUT2D eigenvalue weighted by Gasteiger charge is -2.49. The van der Waals surface area contributed by atoms with Gasteiger partial charge in [-0.1, -0.05) is 27.7 Å². The molecule has 0 amide bonds. The minimum absolute atomic E-state index is 0.0198. The molecule has 2 bridgehead atoms. The summed E-state index contributed by atoms with van der Waals surface area (Å²) in [6.45, 7) is 9.02. The summed E-state index contributed by atoms with van der Waals surface area (Å²) in [4.78, 5) is 0. The van der Waals surface area contributed by atoms with Gasteiger partial charge < -0.3 is 10.2 Å². The van der Waals surface area contributed by atoms with Crippen molar-refractivity contribution in [2.75, 3.05) is 6.61 Å². The van der Waals surface area contributed by atoms with E-state index in [1.54, 1.807) is 0 Å². The van der Waals surface area contributed by atoms with Crippen LogP contribution in [0, 0.1) is 22.7 Å². The molecule has 0 radical (unpaired) electrons. The molecule has 4 atom stereocenters. The second-order valence-electron chi connectivity index (χ2n) is 6.71. The first-order chi connectivity index (χ1) is 7.33. The van der Waals surface area contributed by atoms with E-state index in [9.17, 15) is 10.2 Å². The average Bonchev–Trinajstić information content (AvgIpc) is 2.51. The van der Waals surface area contributed by atoms with Crippen LogP contribution in [-0.2, 0) is 0 Å². The van der Waals surface area contributed by atoms with Crippen LogP contribution in [0.2, 0.25) is 0 Å². The van der Waals surface area contributed by atoms with Gasteiger partial charge in [-0.2, -0.15) is 0 Å². The summed E-state index contributed by atoms with van der Waals surface area (Å²) >= 11 is 0. The Labute approximate surface area is 99.1 Å². The van der Waals surface area contributed by atoms with Gasteiger partial charge in [0.1, 0.15) is 0 Å². The van der Waals surface area contributed by atoms with Crippen molar-refractivity contribution in [1.82, 2.24) is 0 Å². The van der Waals surface area contributed by atoms with E-state index in [-0.39, 0.29) is 23.4 Å². The smallest absolute Gasteiger partial charge is 0.0758 e. The Kier molecular flexibility index (Phi) is 2.67. The maximum absolute atomic E-state index is 11.1. The molecule has 0 saturated heterocycles. The Morgan fingerprint density at radius 3 is 2.25 bits per heavy atom. The van der Waals surface area contributed by atoms with E-state index in [0.29, 0.717) is 5.92 Å². The Balaban J connectivity index is 2.39. The van der Waals surface area contributed by atoms with Gasteiger partial charge in [-0.25, -0.2) is 0 Å². The average molecular weight is 226 g/mol. The second-order valence-corrected chi connectivity index (χ2v) is 6.71. The van der Waals surface area contributed by atoms with E-state index in [4.69, 9.17) is 0 Å². The van der Waals surface area contributed by atoms with E-state index >= 15 is 0 Å². The van der Waals surface area contributed by atoms with Crippen molar-refractivity contribution < 1.29 is 10.2 Å². The minimum Gasteiger partial charge on any atom is -0.396 e. The molecule has 2 rings (SSSR count). The molecule has 0 aromatic carbocycles. The van der Waals surface area contributed by atoms with E-state index in [1.165, 1.54) is 6.42 Å². The van der Waals surface area contributed by atoms with Crippen LogP contribution >= 0.6 is 0 Å². The minimum atomic E-state index is -0.650. The number of rotatable bonds is 3. The maximum Gasteiger partial charge on any atom is 0.0758 e. The van der Waals surface area contributed by atoms with Crippen LogP contribution in [0.5, 0.6) is 0 Å². The lowest BCUT2D eigenvalue weighted by atomic mass is 9.60. The lowest BCUT2D eigenvalue weighted by molar-refractivity contribution is -0.140. The normalized spacial score (nSPS) is 47.2. The van der Waals surface area contributed by atoms with Crippen LogP contribution in [0.1, 0.15) is 53.4 Å². The van der Waals surface area contributed by atoms with E-state index < -0.39 is 5.60 Å². The lowest BCUT2D eigenvalue weighted by Crippen LogP contribution is -2.53. The van der Waals surface area contributed by atoms with Gasteiger partial charge in [0.05, 0.1) is 5.60 Å². The number of aliphatic hydroxyl groups is 2. The highest BCUT2D eigenvalue weighted by atomic mass is 16.3. The van der Waals surface area contributed by atoms with Crippen LogP contribution < -0.4 is 0 Å². The third kappa shape index (κ3) is 1.15. The van der Waals surface area contributed by atoms with Crippen molar-refractivity contribution in [2.45, 2.75) is 59.0 Å². The molecule has 0 aromatic heterocycles. The van der Waals surface area contributed by atoms with Gasteiger partial charge in [0.25, 0.3) is 0 Å². The molecule has 0 aromatic rings. The molecule has 94 valence electrons. The van der Waals surface area contributed by atoms with Gasteiger partial charge in [0, 0.05) is 17.9 Å². The largest absolute Gasteiger partial charge is 0.396 e. The molecule has 2 heteroatoms. The van der Waals surface area contributed by atoms with Gasteiger partial charge in [0.2, 0.25) is 0 Å². The van der Waals surface area contributed by atoms with Crippen LogP contribution in [-0.4, -0.2) is 22.4 Å². The van der Waals surface area contributed by atoms with Crippen LogP contribution in [0.15, 0.2) is 0 Å². The fraction of sp³-hybridized carbons (Fsp3) is 1.00. The molecule has 4 unspecified atom stereocenters. The molecule has 2 nitrogen and oxygen atoms in total. The fourth-order valence-electron chi connectivity index (χ4n) is 4.56. The summed E-state index contributed by atoms with van der Waals surface area (Å²) in [6, 6.07) is 0. The second kappa shape index (κ2) is 3.46. The van der Waals surface area contributed by atoms with Gasteiger partial charge >= 0.3 is 0 Å². The Bertz CT molecular complexity index is 282. The number of aliphatic hydroxyl groups excluding tert-OH is 1. The third-order valence-corrected chi connectivity index (χ3v) is 6.34. The first-order valence-electron chi connectivity index (χ1n) is 6.66. The third-order valence-electron chi connectivity index (χ3n) is 6.34. The van der Waals surface area contributed by atoms with Crippen molar-refractivity contribution in [3.63, 3.8) is 0 Å². The highest BCUT2D eigenvalue weighted by molar-refractivity contribution is 5.19. The fourth-order valence-corrected chi connectivity index (χ4v) is 4.56. The zero-order valence-corrected chi connectivity index (χ0v) is 11.1. The summed E-state index contributed by atoms with van der Waals surface area (Å²) in [7, 11) is 0. The molecule has 2 saturated carbocycles. The monoisotopic (exact) mass is 226 g/mol. The summed E-state index contributed by atoms with van der Waals surface area (Å²) in [5.41, 5.74) is -0.457. The van der Waals surface area contributed by atoms with Gasteiger partial charge in [-0.15, -0.1) is 0 Å². The van der Waals surface area contributed by atoms with E-state index in [0.717, 1.165) is 19.3 Å². The molecular formula is C14H26O2. The zero-order valence-electron chi connectivity index (χ0n) is 11.1. The molecule has 2 aliphatic rings. The Hall–Kier alpha value is -0.0800. The summed E-state index contributed by atoms with van der Waals surface area (Å²) in [5, 5.41) is 20.6. The highest BCUT2D eigenvalue weighted by Crippen LogP contribution is 2.71. The molecule has 0 aliphatic heterocycles. The molecule has 0 spiro atoms. The molecule has 2 fully saturated rings. The predicted octanol–water partition coefficient (Wildman–Crippen LogP) is 2.58. The summed E-state index contributed by atoms with van der Waals surface area (Å²) in [6.07, 6.45) is 4.10. The standard InChI is InChI=1S/C14H26O2/c1-5-10(9-15)14(16)8-11-6-7-13(14,4)12(11,2)3/h10-11,15-16H,5-9H2,1-4H3. The van der Waals surface area contributed by atoms with Crippen molar-refractivity contribution in [3.8, 4) is 0 Å². The SMILES string of the molecule is CCC(CO)C1(O)CC2CCC1(C)C2(C)C. The van der Waals surface area contributed by atoms with Gasteiger partial charge in [0.15, 0.2) is 0 Å². The van der Waals surface area contributed by atoms with Gasteiger partial charge in [-0.05, 0) is 37.0 Å². The van der Waals surface area contributed by atoms with Gasteiger partial charge in [-0.3, -0.25) is 0 Å². The summed E-state index contributed by atoms with van der Waals surface area (Å²) < 4.78 is 0. The van der Waals surface area contributed by atoms with Crippen molar-refractivity contribution in [2.24, 2.45) is 22.7 Å². The topological polar surface area (TPSA) is 40.5 Å². The molecule has 16 heavy (non-hydrogen) atoms. The molecule has 2 N–H and O–H groups in total. The Morgan fingerprint density at radius 2 is 1.94 bits per heavy atom. The van der Waals surface area contributed by atoms with Crippen LogP contribution in [0.25, 0.3) is 0 Å². The van der Waals surface area contributed by atoms with Crippen molar-refractivity contribution in [1.29, 1.82) is 0 Å². The zero-order chi connectivity index (χ0) is 12.2. The van der Waals surface area contributed by atoms with E-state index in [1.807, 2.05) is 0 Å². The van der Waals surface area contributed by atoms with Crippen molar-refractivity contribution in [3.05, 3.63) is 0 Å². The molecule has 2 aliphatic carbocycles. The quantitative estimate of drug-likeness (QED) is 0.776. The van der Waals surface area contributed by atoms with Crippen LogP contribution in [0.3, 0.4) is 0 Å². The number of hydrogen-bond acceptors (Lipinski definition) is 2. The van der Waals surface area contributed by atoms with Crippen molar-refractivity contribution >= 4 is 0 Å². The van der Waals surface area contributed by atoms with Crippen LogP contribution in [0.4, 0.5) is 0 Å². The molecule has 0 heterocycles. The first kappa shape index (κ1) is 12.4. The number of fused-ring (bicyclic) bond motifs is 2. The predicted molar refractivity (Wildman–Crippen MR) is 65.0 cm³/mol. The Morgan fingerprint density at radius 1 is 1.31 bits per heavy atom.